The van der Waals surface area contributed by atoms with E-state index < -0.39 is 0 Å². The minimum Gasteiger partial charge on any atom is -0.377 e. The van der Waals surface area contributed by atoms with E-state index in [0.717, 1.165) is 35.6 Å². The van der Waals surface area contributed by atoms with Crippen LogP contribution in [0.1, 0.15) is 24.9 Å². The normalized spacial score (nSPS) is 23.1. The molecule has 2 N–H and O–H groups in total. The predicted molar refractivity (Wildman–Crippen MR) is 82.6 cm³/mol. The molecule has 0 bridgehead atoms. The molecule has 2 atom stereocenters. The van der Waals surface area contributed by atoms with Crippen LogP contribution >= 0.6 is 27.5 Å². The molecule has 106 valence electrons. The topological polar surface area (TPSA) is 38.5 Å². The highest BCUT2D eigenvalue weighted by atomic mass is 79.9. The molecular formula is C14H20BrClN2O. The fraction of sp³-hybridized carbons (Fsp3) is 0.571. The Bertz CT molecular complexity index is 430. The second-order valence-electron chi connectivity index (χ2n) is 4.95. The summed E-state index contributed by atoms with van der Waals surface area (Å²) in [5.74, 6) is 0. The number of halogens is 2. The van der Waals surface area contributed by atoms with Crippen LogP contribution in [-0.2, 0) is 4.74 Å². The molecule has 0 amide bonds. The van der Waals surface area contributed by atoms with Crippen molar-refractivity contribution >= 4 is 27.5 Å². The number of ether oxygens (including phenoxy) is 1. The average Bonchev–Trinajstić information content (AvgIpc) is 2.58. The van der Waals surface area contributed by atoms with E-state index in [1.807, 2.05) is 12.1 Å². The lowest BCUT2D eigenvalue weighted by atomic mass is 10.0. The minimum atomic E-state index is 0.204. The lowest BCUT2D eigenvalue weighted by Gasteiger charge is -2.31. The molecule has 1 aromatic carbocycles. The first-order chi connectivity index (χ1) is 9.11. The van der Waals surface area contributed by atoms with Crippen LogP contribution in [0.25, 0.3) is 0 Å². The van der Waals surface area contributed by atoms with Crippen LogP contribution in [0.2, 0.25) is 5.02 Å². The molecule has 0 aliphatic carbocycles. The lowest BCUT2D eigenvalue weighted by Crippen LogP contribution is -2.37. The summed E-state index contributed by atoms with van der Waals surface area (Å²) in [6, 6.07) is 6.11. The van der Waals surface area contributed by atoms with E-state index in [2.05, 4.69) is 33.8 Å². The van der Waals surface area contributed by atoms with Crippen LogP contribution in [0.5, 0.6) is 0 Å². The molecule has 2 rings (SSSR count). The maximum Gasteiger partial charge on any atom is 0.0674 e. The van der Waals surface area contributed by atoms with Gasteiger partial charge in [0.1, 0.15) is 0 Å². The van der Waals surface area contributed by atoms with Crippen molar-refractivity contribution in [3.63, 3.8) is 0 Å². The molecule has 2 unspecified atom stereocenters. The quantitative estimate of drug-likeness (QED) is 0.912. The van der Waals surface area contributed by atoms with Crippen LogP contribution in [0, 0.1) is 0 Å². The summed E-state index contributed by atoms with van der Waals surface area (Å²) in [5, 5.41) is 0.735. The van der Waals surface area contributed by atoms with Gasteiger partial charge in [0, 0.05) is 41.8 Å². The molecule has 0 aromatic heterocycles. The highest BCUT2D eigenvalue weighted by Gasteiger charge is 2.24. The van der Waals surface area contributed by atoms with Crippen molar-refractivity contribution in [3.05, 3.63) is 33.3 Å². The first-order valence-electron chi connectivity index (χ1n) is 6.62. The van der Waals surface area contributed by atoms with Gasteiger partial charge in [0.05, 0.1) is 6.10 Å². The Hall–Kier alpha value is -0.130. The van der Waals surface area contributed by atoms with Gasteiger partial charge in [-0.15, -0.1) is 0 Å². The molecule has 0 saturated carbocycles. The highest BCUT2D eigenvalue weighted by molar-refractivity contribution is 9.10. The largest absolute Gasteiger partial charge is 0.377 e. The van der Waals surface area contributed by atoms with E-state index in [1.165, 1.54) is 5.56 Å². The van der Waals surface area contributed by atoms with E-state index >= 15 is 0 Å². The van der Waals surface area contributed by atoms with Gasteiger partial charge in [0.25, 0.3) is 0 Å². The number of nitrogens with zero attached hydrogens (tertiary/aromatic N) is 1. The fourth-order valence-corrected chi connectivity index (χ4v) is 3.50. The van der Waals surface area contributed by atoms with Gasteiger partial charge in [-0.05, 0) is 31.0 Å². The number of hydrogen-bond acceptors (Lipinski definition) is 3. The zero-order chi connectivity index (χ0) is 13.8. The maximum atomic E-state index is 6.01. The van der Waals surface area contributed by atoms with Gasteiger partial charge in [-0.3, -0.25) is 4.90 Å². The van der Waals surface area contributed by atoms with Gasteiger partial charge in [0.2, 0.25) is 0 Å². The predicted octanol–water partition coefficient (Wildman–Crippen LogP) is 3.21. The van der Waals surface area contributed by atoms with E-state index in [-0.39, 0.29) is 12.1 Å². The Labute approximate surface area is 128 Å². The summed E-state index contributed by atoms with van der Waals surface area (Å²) < 4.78 is 6.72. The van der Waals surface area contributed by atoms with Crippen LogP contribution < -0.4 is 5.73 Å². The van der Waals surface area contributed by atoms with E-state index in [0.29, 0.717) is 6.54 Å². The van der Waals surface area contributed by atoms with Gasteiger partial charge in [-0.2, -0.15) is 0 Å². The molecule has 1 aliphatic rings. The Balaban J connectivity index is 2.22. The Kier molecular flexibility index (Phi) is 5.66. The smallest absolute Gasteiger partial charge is 0.0674 e. The second-order valence-corrected chi connectivity index (χ2v) is 6.24. The summed E-state index contributed by atoms with van der Waals surface area (Å²) in [5.41, 5.74) is 7.20. The molecule has 1 heterocycles. The third-order valence-electron chi connectivity index (χ3n) is 3.47. The summed E-state index contributed by atoms with van der Waals surface area (Å²) in [6.45, 7) is 5.46. The van der Waals surface area contributed by atoms with Crippen molar-refractivity contribution in [1.82, 2.24) is 4.90 Å². The molecule has 5 heteroatoms. The van der Waals surface area contributed by atoms with Gasteiger partial charge in [-0.1, -0.05) is 33.6 Å². The zero-order valence-electron chi connectivity index (χ0n) is 11.1. The standard InChI is InChI=1S/C14H20BrClN2O/c1-10-9-18(5-2-6-19-10)14(8-17)12-4-3-11(16)7-13(12)15/h3-4,7,10,14H,2,5-6,8-9,17H2,1H3. The van der Waals surface area contributed by atoms with Crippen molar-refractivity contribution in [1.29, 1.82) is 0 Å². The number of benzene rings is 1. The molecule has 1 saturated heterocycles. The number of rotatable bonds is 3. The van der Waals surface area contributed by atoms with Crippen LogP contribution in [0.15, 0.2) is 22.7 Å². The van der Waals surface area contributed by atoms with Gasteiger partial charge in [-0.25, -0.2) is 0 Å². The van der Waals surface area contributed by atoms with Crippen molar-refractivity contribution in [3.8, 4) is 0 Å². The molecule has 1 fully saturated rings. The zero-order valence-corrected chi connectivity index (χ0v) is 13.5. The van der Waals surface area contributed by atoms with E-state index in [1.54, 1.807) is 0 Å². The van der Waals surface area contributed by atoms with E-state index in [9.17, 15) is 0 Å². The second kappa shape index (κ2) is 7.04. The third kappa shape index (κ3) is 3.92. The highest BCUT2D eigenvalue weighted by Crippen LogP contribution is 2.30. The van der Waals surface area contributed by atoms with Crippen LogP contribution in [0.4, 0.5) is 0 Å². The summed E-state index contributed by atoms with van der Waals surface area (Å²) >= 11 is 9.60. The Morgan fingerprint density at radius 2 is 2.37 bits per heavy atom. The average molecular weight is 348 g/mol. The molecule has 1 aromatic rings. The first-order valence-corrected chi connectivity index (χ1v) is 7.79. The third-order valence-corrected chi connectivity index (χ3v) is 4.39. The van der Waals surface area contributed by atoms with Crippen molar-refractivity contribution in [2.24, 2.45) is 5.73 Å². The monoisotopic (exact) mass is 346 g/mol. The molecular weight excluding hydrogens is 328 g/mol. The minimum absolute atomic E-state index is 0.204. The summed E-state index contributed by atoms with van der Waals surface area (Å²) in [6.07, 6.45) is 1.30. The van der Waals surface area contributed by atoms with Crippen molar-refractivity contribution < 1.29 is 4.74 Å². The molecule has 1 aliphatic heterocycles. The van der Waals surface area contributed by atoms with Crippen molar-refractivity contribution in [2.45, 2.75) is 25.5 Å². The number of hydrogen-bond donors (Lipinski definition) is 1. The number of nitrogens with two attached hydrogens (primary N) is 1. The van der Waals surface area contributed by atoms with Crippen LogP contribution in [-0.4, -0.2) is 37.2 Å². The van der Waals surface area contributed by atoms with Gasteiger partial charge >= 0.3 is 0 Å². The van der Waals surface area contributed by atoms with Gasteiger partial charge in [0.15, 0.2) is 0 Å². The SMILES string of the molecule is CC1CN(C(CN)c2ccc(Cl)cc2Br)CCCO1. The maximum absolute atomic E-state index is 6.01. The van der Waals surface area contributed by atoms with Gasteiger partial charge < -0.3 is 10.5 Å². The Morgan fingerprint density at radius 3 is 3.05 bits per heavy atom. The molecule has 0 spiro atoms. The Morgan fingerprint density at radius 1 is 1.58 bits per heavy atom. The lowest BCUT2D eigenvalue weighted by molar-refractivity contribution is 0.0611. The fourth-order valence-electron chi connectivity index (χ4n) is 2.55. The van der Waals surface area contributed by atoms with Crippen LogP contribution in [0.3, 0.4) is 0 Å². The summed E-state index contributed by atoms with van der Waals surface area (Å²) in [4.78, 5) is 2.41. The molecule has 3 nitrogen and oxygen atoms in total. The van der Waals surface area contributed by atoms with Crippen molar-refractivity contribution in [2.75, 3.05) is 26.2 Å². The molecule has 19 heavy (non-hydrogen) atoms. The summed E-state index contributed by atoms with van der Waals surface area (Å²) in [7, 11) is 0. The molecule has 0 radical (unpaired) electrons. The first kappa shape index (κ1) is 15.3. The van der Waals surface area contributed by atoms with E-state index in [4.69, 9.17) is 22.1 Å².